The first kappa shape index (κ1) is 28.1. The van der Waals surface area contributed by atoms with Crippen molar-refractivity contribution in [1.29, 1.82) is 0 Å². The van der Waals surface area contributed by atoms with E-state index in [2.05, 4.69) is 11.0 Å². The third-order valence-corrected chi connectivity index (χ3v) is 8.54. The van der Waals surface area contributed by atoms with E-state index in [-0.39, 0.29) is 29.9 Å². The van der Waals surface area contributed by atoms with Crippen molar-refractivity contribution in [3.63, 3.8) is 0 Å². The normalized spacial score (nSPS) is 19.9. The van der Waals surface area contributed by atoms with Gasteiger partial charge >= 0.3 is 5.97 Å². The Hall–Kier alpha value is -3.39. The molecule has 0 aliphatic carbocycles. The van der Waals surface area contributed by atoms with E-state index in [1.54, 1.807) is 0 Å². The molecule has 8 nitrogen and oxygen atoms in total. The lowest BCUT2D eigenvalue weighted by Crippen LogP contribution is -2.50. The molecule has 2 aromatic carbocycles. The number of ether oxygens (including phenoxy) is 2. The van der Waals surface area contributed by atoms with Gasteiger partial charge in [-0.25, -0.2) is 0 Å². The quantitative estimate of drug-likeness (QED) is 0.323. The number of fused-ring (bicyclic) bond motifs is 1. The summed E-state index contributed by atoms with van der Waals surface area (Å²) >= 11 is 0. The Labute approximate surface area is 237 Å². The standard InChI is InChI=1S/C32H41N3O5/c1-39-32(38)29-10-7-20-33(29)19-5-2-6-23-40-27-14-11-25(12-15-27)31(37)34-21-17-26(18-22-34)35-28-9-4-3-8-24(28)13-16-30(35)36/h3-4,8-9,11-12,14-15,26,29H,2,5-7,10,13,16-23H2,1H3. The molecule has 0 saturated carbocycles. The van der Waals surface area contributed by atoms with Gasteiger partial charge in [-0.1, -0.05) is 18.2 Å². The molecule has 2 fully saturated rings. The summed E-state index contributed by atoms with van der Waals surface area (Å²) in [5, 5.41) is 0. The van der Waals surface area contributed by atoms with E-state index in [0.29, 0.717) is 31.7 Å². The van der Waals surface area contributed by atoms with Gasteiger partial charge in [-0.3, -0.25) is 19.3 Å². The Bertz CT molecular complexity index is 1180. The van der Waals surface area contributed by atoms with E-state index < -0.39 is 0 Å². The Morgan fingerprint density at radius 1 is 0.900 bits per heavy atom. The topological polar surface area (TPSA) is 79.4 Å². The molecule has 0 aromatic heterocycles. The van der Waals surface area contributed by atoms with E-state index >= 15 is 0 Å². The number of unbranched alkanes of at least 4 members (excludes halogenated alkanes) is 2. The number of hydrogen-bond donors (Lipinski definition) is 0. The zero-order chi connectivity index (χ0) is 27.9. The minimum Gasteiger partial charge on any atom is -0.494 e. The maximum absolute atomic E-state index is 13.2. The molecule has 2 amide bonds. The number of hydrogen-bond acceptors (Lipinski definition) is 6. The molecule has 0 bridgehead atoms. The van der Waals surface area contributed by atoms with Gasteiger partial charge < -0.3 is 19.3 Å². The number of nitrogens with zero attached hydrogens (tertiary/aromatic N) is 3. The molecule has 0 spiro atoms. The average Bonchev–Trinajstić information content (AvgIpc) is 3.47. The minimum absolute atomic E-state index is 0.0301. The number of para-hydroxylation sites is 1. The highest BCUT2D eigenvalue weighted by Gasteiger charge is 2.34. The van der Waals surface area contributed by atoms with Gasteiger partial charge in [-0.2, -0.15) is 0 Å². The molecular formula is C32H41N3O5. The van der Waals surface area contributed by atoms with Gasteiger partial charge in [0.2, 0.25) is 5.91 Å². The number of methoxy groups -OCH3 is 1. The zero-order valence-electron chi connectivity index (χ0n) is 23.6. The van der Waals surface area contributed by atoms with Crippen LogP contribution in [0, 0.1) is 0 Å². The fourth-order valence-electron chi connectivity index (χ4n) is 6.34. The second kappa shape index (κ2) is 13.3. The number of aryl methyl sites for hydroxylation is 1. The summed E-state index contributed by atoms with van der Waals surface area (Å²) in [6.07, 6.45) is 7.87. The highest BCUT2D eigenvalue weighted by Crippen LogP contribution is 2.32. The van der Waals surface area contributed by atoms with Crippen molar-refractivity contribution < 1.29 is 23.9 Å². The molecule has 0 radical (unpaired) electrons. The van der Waals surface area contributed by atoms with Crippen LogP contribution in [0.5, 0.6) is 5.75 Å². The Morgan fingerprint density at radius 3 is 2.45 bits per heavy atom. The number of amides is 2. The molecule has 40 heavy (non-hydrogen) atoms. The van der Waals surface area contributed by atoms with Crippen molar-refractivity contribution in [1.82, 2.24) is 9.80 Å². The van der Waals surface area contributed by atoms with Gasteiger partial charge in [0, 0.05) is 36.8 Å². The number of carbonyl (C=O) groups is 3. The average molecular weight is 548 g/mol. The smallest absolute Gasteiger partial charge is 0.323 e. The fraction of sp³-hybridized carbons (Fsp3) is 0.531. The van der Waals surface area contributed by atoms with Gasteiger partial charge in [0.05, 0.1) is 13.7 Å². The van der Waals surface area contributed by atoms with Crippen LogP contribution >= 0.6 is 0 Å². The molecule has 3 aliphatic heterocycles. The van der Waals surface area contributed by atoms with Gasteiger partial charge in [0.15, 0.2) is 0 Å². The van der Waals surface area contributed by atoms with Crippen LogP contribution in [0.1, 0.15) is 67.3 Å². The number of benzene rings is 2. The minimum atomic E-state index is -0.118. The number of likely N-dealkylation sites (tertiary alicyclic amines) is 2. The number of anilines is 1. The van der Waals surface area contributed by atoms with Gasteiger partial charge in [-0.15, -0.1) is 0 Å². The van der Waals surface area contributed by atoms with E-state index in [0.717, 1.165) is 75.9 Å². The Morgan fingerprint density at radius 2 is 1.68 bits per heavy atom. The van der Waals surface area contributed by atoms with Gasteiger partial charge in [0.1, 0.15) is 11.8 Å². The largest absolute Gasteiger partial charge is 0.494 e. The Balaban J connectivity index is 1.03. The molecule has 2 saturated heterocycles. The second-order valence-corrected chi connectivity index (χ2v) is 11.1. The van der Waals surface area contributed by atoms with Crippen molar-refractivity contribution in [3.05, 3.63) is 59.7 Å². The molecule has 0 N–H and O–H groups in total. The molecule has 3 aliphatic rings. The summed E-state index contributed by atoms with van der Waals surface area (Å²) in [6.45, 7) is 3.79. The van der Waals surface area contributed by atoms with Crippen LogP contribution in [0.15, 0.2) is 48.5 Å². The third kappa shape index (κ3) is 6.49. The zero-order valence-corrected chi connectivity index (χ0v) is 23.6. The van der Waals surface area contributed by atoms with Gasteiger partial charge in [-0.05, 0) is 100 Å². The number of piperidine rings is 1. The summed E-state index contributed by atoms with van der Waals surface area (Å²) in [5.41, 5.74) is 2.94. The molecule has 3 heterocycles. The van der Waals surface area contributed by atoms with Crippen LogP contribution in [0.25, 0.3) is 0 Å². The van der Waals surface area contributed by atoms with E-state index in [1.165, 1.54) is 12.7 Å². The molecule has 1 atom stereocenters. The van der Waals surface area contributed by atoms with Crippen LogP contribution in [0.4, 0.5) is 5.69 Å². The van der Waals surface area contributed by atoms with Crippen molar-refractivity contribution >= 4 is 23.5 Å². The third-order valence-electron chi connectivity index (χ3n) is 8.54. The number of rotatable bonds is 10. The molecule has 214 valence electrons. The van der Waals surface area contributed by atoms with Crippen LogP contribution in [-0.2, 0) is 20.7 Å². The Kier molecular flexibility index (Phi) is 9.37. The highest BCUT2D eigenvalue weighted by atomic mass is 16.5. The lowest BCUT2D eigenvalue weighted by molar-refractivity contribution is -0.145. The second-order valence-electron chi connectivity index (χ2n) is 11.1. The lowest BCUT2D eigenvalue weighted by Gasteiger charge is -2.41. The first-order chi connectivity index (χ1) is 19.5. The van der Waals surface area contributed by atoms with Gasteiger partial charge in [0.25, 0.3) is 5.91 Å². The van der Waals surface area contributed by atoms with Crippen LogP contribution < -0.4 is 9.64 Å². The summed E-state index contributed by atoms with van der Waals surface area (Å²) in [5.74, 6) is 0.871. The van der Waals surface area contributed by atoms with E-state index in [4.69, 9.17) is 9.47 Å². The summed E-state index contributed by atoms with van der Waals surface area (Å²) in [4.78, 5) is 43.9. The molecular weight excluding hydrogens is 506 g/mol. The van der Waals surface area contributed by atoms with E-state index in [9.17, 15) is 14.4 Å². The molecule has 8 heteroatoms. The highest BCUT2D eigenvalue weighted by molar-refractivity contribution is 5.97. The fourth-order valence-corrected chi connectivity index (χ4v) is 6.34. The first-order valence-corrected chi connectivity index (χ1v) is 14.8. The van der Waals surface area contributed by atoms with Crippen molar-refractivity contribution in [2.24, 2.45) is 0 Å². The van der Waals surface area contributed by atoms with Crippen molar-refractivity contribution in [2.45, 2.75) is 69.9 Å². The SMILES string of the molecule is COC(=O)C1CCCN1CCCCCOc1ccc(C(=O)N2CCC(N3C(=O)CCc4ccccc43)CC2)cc1. The predicted octanol–water partition coefficient (Wildman–Crippen LogP) is 4.46. The van der Waals surface area contributed by atoms with Crippen molar-refractivity contribution in [3.8, 4) is 5.75 Å². The number of carbonyl (C=O) groups excluding carboxylic acids is 3. The van der Waals surface area contributed by atoms with E-state index in [1.807, 2.05) is 52.3 Å². The first-order valence-electron chi connectivity index (χ1n) is 14.8. The molecule has 1 unspecified atom stereocenters. The van der Waals surface area contributed by atoms with Crippen LogP contribution in [0.3, 0.4) is 0 Å². The monoisotopic (exact) mass is 547 g/mol. The molecule has 5 rings (SSSR count). The summed E-state index contributed by atoms with van der Waals surface area (Å²) in [6, 6.07) is 15.7. The van der Waals surface area contributed by atoms with Crippen LogP contribution in [0.2, 0.25) is 0 Å². The maximum atomic E-state index is 13.2. The van der Waals surface area contributed by atoms with Crippen LogP contribution in [-0.4, -0.2) is 79.6 Å². The lowest BCUT2D eigenvalue weighted by atomic mass is 9.95. The summed E-state index contributed by atoms with van der Waals surface area (Å²) in [7, 11) is 1.46. The predicted molar refractivity (Wildman–Crippen MR) is 154 cm³/mol. The van der Waals surface area contributed by atoms with Crippen molar-refractivity contribution in [2.75, 3.05) is 44.8 Å². The summed E-state index contributed by atoms with van der Waals surface area (Å²) < 4.78 is 10.8. The molecule has 2 aromatic rings. The number of esters is 1. The maximum Gasteiger partial charge on any atom is 0.323 e.